The van der Waals surface area contributed by atoms with Crippen LogP contribution in [0.5, 0.6) is 0 Å². The van der Waals surface area contributed by atoms with Gasteiger partial charge < -0.3 is 5.32 Å². The standard InChI is InChI=1S/C22H23N7OS/c1-13-14(2)31-22(24-13)17-12-23-28(3)19(17)21(30)25-16-9-10-29-18(11-16)26-20(27-29)15-7-5-4-6-8-15/h4-8,12,16H,9-11H2,1-3H3,(H,25,30). The topological polar surface area (TPSA) is 90.5 Å². The highest BCUT2D eigenvalue weighted by Crippen LogP contribution is 2.30. The van der Waals surface area contributed by atoms with E-state index in [1.807, 2.05) is 48.9 Å². The summed E-state index contributed by atoms with van der Waals surface area (Å²) in [7, 11) is 1.79. The molecule has 1 N–H and O–H groups in total. The van der Waals surface area contributed by atoms with E-state index in [0.29, 0.717) is 12.1 Å². The number of fused-ring (bicyclic) bond motifs is 1. The molecule has 8 nitrogen and oxygen atoms in total. The Morgan fingerprint density at radius 3 is 2.74 bits per heavy atom. The highest BCUT2D eigenvalue weighted by atomic mass is 32.1. The van der Waals surface area contributed by atoms with E-state index in [0.717, 1.165) is 51.3 Å². The number of nitrogens with zero attached hydrogens (tertiary/aromatic N) is 6. The Labute approximate surface area is 184 Å². The SMILES string of the molecule is Cc1nc(-c2cnn(C)c2C(=O)NC2CCn3nc(-c4ccccc4)nc3C2)sc1C. The third-order valence-electron chi connectivity index (χ3n) is 5.65. The van der Waals surface area contributed by atoms with Gasteiger partial charge >= 0.3 is 0 Å². The lowest BCUT2D eigenvalue weighted by Gasteiger charge is -2.23. The number of thiazole rings is 1. The lowest BCUT2D eigenvalue weighted by molar-refractivity contribution is 0.0921. The van der Waals surface area contributed by atoms with Gasteiger partial charge in [-0.2, -0.15) is 10.2 Å². The average molecular weight is 434 g/mol. The lowest BCUT2D eigenvalue weighted by Crippen LogP contribution is -2.41. The van der Waals surface area contributed by atoms with Gasteiger partial charge in [0, 0.05) is 36.5 Å². The number of carbonyl (C=O) groups is 1. The number of amides is 1. The van der Waals surface area contributed by atoms with E-state index in [2.05, 4.69) is 20.5 Å². The number of nitrogens with one attached hydrogen (secondary N) is 1. The normalized spacial score (nSPS) is 15.6. The molecule has 9 heteroatoms. The van der Waals surface area contributed by atoms with Crippen LogP contribution in [0.25, 0.3) is 22.0 Å². The number of hydrogen-bond donors (Lipinski definition) is 1. The van der Waals surface area contributed by atoms with Crippen molar-refractivity contribution in [3.8, 4) is 22.0 Å². The molecule has 0 aliphatic carbocycles. The second kappa shape index (κ2) is 7.73. The van der Waals surface area contributed by atoms with Gasteiger partial charge in [0.05, 0.1) is 17.5 Å². The van der Waals surface area contributed by atoms with Crippen molar-refractivity contribution in [2.24, 2.45) is 7.05 Å². The zero-order chi connectivity index (χ0) is 21.5. The predicted molar refractivity (Wildman–Crippen MR) is 119 cm³/mol. The Hall–Kier alpha value is -3.33. The van der Waals surface area contributed by atoms with Crippen molar-refractivity contribution in [1.29, 1.82) is 0 Å². The van der Waals surface area contributed by atoms with Gasteiger partial charge in [0.15, 0.2) is 5.82 Å². The van der Waals surface area contributed by atoms with Crippen LogP contribution in [0, 0.1) is 13.8 Å². The fourth-order valence-corrected chi connectivity index (χ4v) is 4.77. The van der Waals surface area contributed by atoms with Crippen molar-refractivity contribution in [3.05, 3.63) is 58.6 Å². The van der Waals surface area contributed by atoms with Crippen LogP contribution < -0.4 is 5.32 Å². The molecule has 0 bridgehead atoms. The Morgan fingerprint density at radius 2 is 2.00 bits per heavy atom. The minimum atomic E-state index is -0.137. The van der Waals surface area contributed by atoms with E-state index < -0.39 is 0 Å². The van der Waals surface area contributed by atoms with Crippen LogP contribution in [0.3, 0.4) is 0 Å². The Morgan fingerprint density at radius 1 is 1.19 bits per heavy atom. The Bertz CT molecular complexity index is 1230. The summed E-state index contributed by atoms with van der Waals surface area (Å²) in [5.74, 6) is 1.49. The predicted octanol–water partition coefficient (Wildman–Crippen LogP) is 3.16. The molecule has 0 radical (unpaired) electrons. The molecule has 1 aliphatic heterocycles. The smallest absolute Gasteiger partial charge is 0.270 e. The summed E-state index contributed by atoms with van der Waals surface area (Å²) in [5.41, 5.74) is 3.28. The molecule has 3 aromatic heterocycles. The summed E-state index contributed by atoms with van der Waals surface area (Å²) in [6.45, 7) is 4.74. The summed E-state index contributed by atoms with van der Waals surface area (Å²) in [5, 5.41) is 13.0. The van der Waals surface area contributed by atoms with Crippen molar-refractivity contribution < 1.29 is 4.79 Å². The van der Waals surface area contributed by atoms with Gasteiger partial charge in [0.2, 0.25) is 0 Å². The molecular formula is C22H23N7OS. The molecule has 1 aromatic carbocycles. The highest BCUT2D eigenvalue weighted by Gasteiger charge is 2.27. The van der Waals surface area contributed by atoms with Crippen molar-refractivity contribution in [2.75, 3.05) is 0 Å². The number of benzene rings is 1. The number of rotatable bonds is 4. The molecule has 31 heavy (non-hydrogen) atoms. The van der Waals surface area contributed by atoms with Gasteiger partial charge in [0.25, 0.3) is 5.91 Å². The van der Waals surface area contributed by atoms with Crippen molar-refractivity contribution in [2.45, 2.75) is 39.3 Å². The van der Waals surface area contributed by atoms with Crippen LogP contribution in [0.1, 0.15) is 33.3 Å². The first-order chi connectivity index (χ1) is 15.0. The van der Waals surface area contributed by atoms with Crippen LogP contribution >= 0.6 is 11.3 Å². The number of carbonyl (C=O) groups excluding carboxylic acids is 1. The van der Waals surface area contributed by atoms with Crippen LogP contribution in [0.15, 0.2) is 36.5 Å². The third kappa shape index (κ3) is 3.65. The quantitative estimate of drug-likeness (QED) is 0.534. The number of aryl methyl sites for hydroxylation is 4. The Kier molecular flexibility index (Phi) is 4.90. The third-order valence-corrected chi connectivity index (χ3v) is 6.75. The fraction of sp³-hybridized carbons (Fsp3) is 0.318. The first kappa shape index (κ1) is 19.6. The molecule has 4 aromatic rings. The van der Waals surface area contributed by atoms with E-state index in [-0.39, 0.29) is 11.9 Å². The molecule has 158 valence electrons. The second-order valence-electron chi connectivity index (χ2n) is 7.80. The summed E-state index contributed by atoms with van der Waals surface area (Å²) in [4.78, 5) is 23.6. The van der Waals surface area contributed by atoms with E-state index >= 15 is 0 Å². The molecule has 0 saturated heterocycles. The Balaban J connectivity index is 1.35. The number of hydrogen-bond acceptors (Lipinski definition) is 6. The largest absolute Gasteiger partial charge is 0.347 e. The van der Waals surface area contributed by atoms with Gasteiger partial charge in [0.1, 0.15) is 16.5 Å². The average Bonchev–Trinajstić information content (AvgIpc) is 3.45. The molecule has 0 fully saturated rings. The monoisotopic (exact) mass is 433 g/mol. The summed E-state index contributed by atoms with van der Waals surface area (Å²) >= 11 is 1.58. The molecular weight excluding hydrogens is 410 g/mol. The van der Waals surface area contributed by atoms with Crippen molar-refractivity contribution in [1.82, 2.24) is 34.8 Å². The maximum Gasteiger partial charge on any atom is 0.270 e. The van der Waals surface area contributed by atoms with Gasteiger partial charge in [-0.25, -0.2) is 14.6 Å². The zero-order valence-corrected chi connectivity index (χ0v) is 18.5. The first-order valence-electron chi connectivity index (χ1n) is 10.3. The molecule has 1 aliphatic rings. The molecule has 4 heterocycles. The number of aromatic nitrogens is 6. The fourth-order valence-electron chi connectivity index (χ4n) is 3.84. The van der Waals surface area contributed by atoms with Crippen LogP contribution in [0.4, 0.5) is 0 Å². The minimum absolute atomic E-state index is 0.00431. The van der Waals surface area contributed by atoms with Gasteiger partial charge in [-0.1, -0.05) is 30.3 Å². The van der Waals surface area contributed by atoms with Crippen LogP contribution in [0.2, 0.25) is 0 Å². The van der Waals surface area contributed by atoms with E-state index in [1.165, 1.54) is 0 Å². The molecule has 1 amide bonds. The summed E-state index contributed by atoms with van der Waals surface area (Å²) < 4.78 is 3.57. The van der Waals surface area contributed by atoms with Gasteiger partial charge in [-0.3, -0.25) is 9.48 Å². The lowest BCUT2D eigenvalue weighted by atomic mass is 10.1. The maximum absolute atomic E-state index is 13.2. The van der Waals surface area contributed by atoms with Crippen molar-refractivity contribution >= 4 is 17.2 Å². The van der Waals surface area contributed by atoms with E-state index in [1.54, 1.807) is 29.3 Å². The first-order valence-corrected chi connectivity index (χ1v) is 11.1. The van der Waals surface area contributed by atoms with Crippen LogP contribution in [-0.2, 0) is 20.0 Å². The van der Waals surface area contributed by atoms with Crippen molar-refractivity contribution in [3.63, 3.8) is 0 Å². The molecule has 5 rings (SSSR count). The van der Waals surface area contributed by atoms with E-state index in [4.69, 9.17) is 4.98 Å². The molecule has 1 atom stereocenters. The maximum atomic E-state index is 13.2. The summed E-state index contributed by atoms with van der Waals surface area (Å²) in [6, 6.07) is 9.95. The summed E-state index contributed by atoms with van der Waals surface area (Å²) in [6.07, 6.45) is 3.17. The minimum Gasteiger partial charge on any atom is -0.347 e. The molecule has 0 spiro atoms. The van der Waals surface area contributed by atoms with Crippen LogP contribution in [-0.4, -0.2) is 41.5 Å². The zero-order valence-electron chi connectivity index (χ0n) is 17.7. The second-order valence-corrected chi connectivity index (χ2v) is 9.00. The van der Waals surface area contributed by atoms with Gasteiger partial charge in [-0.15, -0.1) is 11.3 Å². The van der Waals surface area contributed by atoms with Gasteiger partial charge in [-0.05, 0) is 20.3 Å². The molecule has 1 unspecified atom stereocenters. The van der Waals surface area contributed by atoms with E-state index in [9.17, 15) is 4.79 Å². The molecule has 0 saturated carbocycles. The highest BCUT2D eigenvalue weighted by molar-refractivity contribution is 7.15.